The SMILES string of the molecule is COc1nc(-c2cc(F)ccc2[C@H]2Cc3nc(N)nc(C)c3C(=O)N2Cc2ccncc2)cnc1N. The zero-order valence-corrected chi connectivity index (χ0v) is 19.6. The molecular weight excluding hydrogens is 463 g/mol. The number of pyridine rings is 1. The first-order valence-corrected chi connectivity index (χ1v) is 11.1. The van der Waals surface area contributed by atoms with Gasteiger partial charge in [-0.25, -0.2) is 24.3 Å². The number of hydrogen-bond donors (Lipinski definition) is 2. The number of fused-ring (bicyclic) bond motifs is 1. The van der Waals surface area contributed by atoms with Crippen LogP contribution in [0.25, 0.3) is 11.3 Å². The summed E-state index contributed by atoms with van der Waals surface area (Å²) >= 11 is 0. The number of amides is 1. The Morgan fingerprint density at radius 2 is 1.92 bits per heavy atom. The van der Waals surface area contributed by atoms with E-state index in [0.29, 0.717) is 46.7 Å². The summed E-state index contributed by atoms with van der Waals surface area (Å²) in [6.07, 6.45) is 5.13. The van der Waals surface area contributed by atoms with Crippen molar-refractivity contribution in [3.05, 3.63) is 82.8 Å². The smallest absolute Gasteiger partial charge is 0.258 e. The van der Waals surface area contributed by atoms with E-state index in [-0.39, 0.29) is 23.6 Å². The standard InChI is InChI=1S/C25H23FN8O2/c1-13-21-18(33-25(28)31-13)10-20(34(24(21)35)12-14-5-7-29-8-6-14)16-4-3-15(26)9-17(16)19-11-30-22(27)23(32-19)36-2/h3-9,11,20H,10,12H2,1-2H3,(H2,27,30)(H2,28,31,33)/t20-/m1/s1. The Kier molecular flexibility index (Phi) is 5.88. The third kappa shape index (κ3) is 4.15. The average molecular weight is 487 g/mol. The minimum absolute atomic E-state index is 0.0915. The largest absolute Gasteiger partial charge is 0.478 e. The first-order valence-electron chi connectivity index (χ1n) is 11.1. The second-order valence-corrected chi connectivity index (χ2v) is 8.38. The number of halogens is 1. The fourth-order valence-electron chi connectivity index (χ4n) is 4.51. The summed E-state index contributed by atoms with van der Waals surface area (Å²) in [6, 6.07) is 7.54. The zero-order valence-electron chi connectivity index (χ0n) is 19.6. The van der Waals surface area contributed by atoms with Crippen LogP contribution in [-0.4, -0.2) is 42.8 Å². The summed E-state index contributed by atoms with van der Waals surface area (Å²) in [5.74, 6) is -0.377. The number of nitrogen functional groups attached to an aromatic ring is 2. The molecule has 4 aromatic rings. The number of aromatic nitrogens is 5. The molecule has 36 heavy (non-hydrogen) atoms. The van der Waals surface area contributed by atoms with Gasteiger partial charge in [-0.3, -0.25) is 9.78 Å². The fraction of sp³-hybridized carbons (Fsp3) is 0.200. The number of anilines is 2. The lowest BCUT2D eigenvalue weighted by Crippen LogP contribution is -2.41. The summed E-state index contributed by atoms with van der Waals surface area (Å²) in [5, 5.41) is 0. The monoisotopic (exact) mass is 486 g/mol. The molecule has 0 radical (unpaired) electrons. The number of nitrogens with two attached hydrogens (primary N) is 2. The van der Waals surface area contributed by atoms with Gasteiger partial charge in [-0.15, -0.1) is 0 Å². The van der Waals surface area contributed by atoms with Crippen LogP contribution in [0, 0.1) is 12.7 Å². The highest BCUT2D eigenvalue weighted by Crippen LogP contribution is 2.39. The van der Waals surface area contributed by atoms with Gasteiger partial charge in [0.15, 0.2) is 5.82 Å². The van der Waals surface area contributed by atoms with Crippen LogP contribution in [0.5, 0.6) is 5.88 Å². The number of carbonyl (C=O) groups excluding carboxylic acids is 1. The number of methoxy groups -OCH3 is 1. The van der Waals surface area contributed by atoms with Crippen molar-refractivity contribution in [1.82, 2.24) is 29.8 Å². The van der Waals surface area contributed by atoms with Crippen molar-refractivity contribution in [3.8, 4) is 17.1 Å². The van der Waals surface area contributed by atoms with Gasteiger partial charge in [0, 0.05) is 30.9 Å². The van der Waals surface area contributed by atoms with E-state index in [1.54, 1.807) is 30.3 Å². The fourth-order valence-corrected chi connectivity index (χ4v) is 4.51. The van der Waals surface area contributed by atoms with Crippen LogP contribution in [0.3, 0.4) is 0 Å². The number of nitrogens with zero attached hydrogens (tertiary/aromatic N) is 6. The molecule has 0 aliphatic carbocycles. The van der Waals surface area contributed by atoms with E-state index in [1.165, 1.54) is 25.4 Å². The third-order valence-electron chi connectivity index (χ3n) is 6.13. The molecule has 0 spiro atoms. The molecule has 0 saturated carbocycles. The molecule has 182 valence electrons. The molecule has 0 unspecified atom stereocenters. The average Bonchev–Trinajstić information content (AvgIpc) is 2.86. The van der Waals surface area contributed by atoms with Gasteiger partial charge in [-0.05, 0) is 42.3 Å². The molecule has 0 bridgehead atoms. The van der Waals surface area contributed by atoms with Crippen LogP contribution in [-0.2, 0) is 13.0 Å². The van der Waals surface area contributed by atoms with Crippen molar-refractivity contribution in [2.75, 3.05) is 18.6 Å². The molecule has 4 heterocycles. The first kappa shape index (κ1) is 23.1. The van der Waals surface area contributed by atoms with E-state index in [1.807, 2.05) is 12.1 Å². The van der Waals surface area contributed by atoms with Gasteiger partial charge in [0.05, 0.1) is 42.0 Å². The summed E-state index contributed by atoms with van der Waals surface area (Å²) < 4.78 is 19.7. The predicted octanol–water partition coefficient (Wildman–Crippen LogP) is 2.89. The van der Waals surface area contributed by atoms with Crippen molar-refractivity contribution < 1.29 is 13.9 Å². The van der Waals surface area contributed by atoms with Gasteiger partial charge in [0.1, 0.15) is 5.82 Å². The molecule has 1 aliphatic rings. The maximum Gasteiger partial charge on any atom is 0.258 e. The lowest BCUT2D eigenvalue weighted by molar-refractivity contribution is 0.0624. The van der Waals surface area contributed by atoms with Crippen LogP contribution in [0.4, 0.5) is 16.2 Å². The number of carbonyl (C=O) groups is 1. The molecule has 0 fully saturated rings. The summed E-state index contributed by atoms with van der Waals surface area (Å²) in [6.45, 7) is 2.03. The number of benzene rings is 1. The van der Waals surface area contributed by atoms with Crippen LogP contribution < -0.4 is 16.2 Å². The predicted molar refractivity (Wildman–Crippen MR) is 130 cm³/mol. The Labute approximate surface area is 206 Å². The van der Waals surface area contributed by atoms with Gasteiger partial charge in [-0.1, -0.05) is 6.07 Å². The van der Waals surface area contributed by atoms with Crippen LogP contribution in [0.2, 0.25) is 0 Å². The first-order chi connectivity index (χ1) is 17.4. The minimum atomic E-state index is -0.507. The van der Waals surface area contributed by atoms with E-state index in [2.05, 4.69) is 24.9 Å². The van der Waals surface area contributed by atoms with Crippen molar-refractivity contribution in [1.29, 1.82) is 0 Å². The lowest BCUT2D eigenvalue weighted by Gasteiger charge is -2.38. The minimum Gasteiger partial charge on any atom is -0.478 e. The van der Waals surface area contributed by atoms with Gasteiger partial charge in [0.25, 0.3) is 11.8 Å². The summed E-state index contributed by atoms with van der Waals surface area (Å²) in [5.41, 5.74) is 15.6. The van der Waals surface area contributed by atoms with Gasteiger partial charge >= 0.3 is 0 Å². The Bertz CT molecular complexity index is 1460. The highest BCUT2D eigenvalue weighted by atomic mass is 19.1. The van der Waals surface area contributed by atoms with Gasteiger partial charge in [-0.2, -0.15) is 0 Å². The van der Waals surface area contributed by atoms with Crippen molar-refractivity contribution in [2.45, 2.75) is 25.9 Å². The highest BCUT2D eigenvalue weighted by molar-refractivity contribution is 5.98. The van der Waals surface area contributed by atoms with E-state index in [4.69, 9.17) is 16.2 Å². The Morgan fingerprint density at radius 1 is 1.14 bits per heavy atom. The van der Waals surface area contributed by atoms with Crippen molar-refractivity contribution in [2.24, 2.45) is 0 Å². The normalized spacial score (nSPS) is 15.0. The van der Waals surface area contributed by atoms with Crippen molar-refractivity contribution >= 4 is 17.7 Å². The maximum absolute atomic E-state index is 14.5. The van der Waals surface area contributed by atoms with E-state index in [0.717, 1.165) is 5.56 Å². The van der Waals surface area contributed by atoms with E-state index >= 15 is 0 Å². The molecule has 1 aromatic carbocycles. The molecule has 3 aromatic heterocycles. The van der Waals surface area contributed by atoms with E-state index in [9.17, 15) is 9.18 Å². The maximum atomic E-state index is 14.5. The molecular formula is C25H23FN8O2. The van der Waals surface area contributed by atoms with Crippen LogP contribution in [0.15, 0.2) is 48.9 Å². The Hall–Kier alpha value is -4.67. The molecule has 1 atom stereocenters. The summed E-state index contributed by atoms with van der Waals surface area (Å²) in [7, 11) is 1.43. The van der Waals surface area contributed by atoms with Gasteiger partial charge < -0.3 is 21.1 Å². The number of ether oxygens (including phenoxy) is 1. The Morgan fingerprint density at radius 3 is 2.67 bits per heavy atom. The summed E-state index contributed by atoms with van der Waals surface area (Å²) in [4.78, 5) is 36.8. The third-order valence-corrected chi connectivity index (χ3v) is 6.13. The molecule has 5 rings (SSSR count). The number of rotatable bonds is 5. The van der Waals surface area contributed by atoms with Crippen LogP contribution in [0.1, 0.15) is 38.9 Å². The second-order valence-electron chi connectivity index (χ2n) is 8.38. The lowest BCUT2D eigenvalue weighted by atomic mass is 9.88. The molecule has 1 amide bonds. The zero-order chi connectivity index (χ0) is 25.4. The topological polar surface area (TPSA) is 146 Å². The van der Waals surface area contributed by atoms with E-state index < -0.39 is 11.9 Å². The number of hydrogen-bond acceptors (Lipinski definition) is 9. The Balaban J connectivity index is 1.69. The highest BCUT2D eigenvalue weighted by Gasteiger charge is 2.37. The molecule has 10 nitrogen and oxygen atoms in total. The van der Waals surface area contributed by atoms with Crippen molar-refractivity contribution in [3.63, 3.8) is 0 Å². The number of aryl methyl sites for hydroxylation is 1. The molecule has 4 N–H and O–H groups in total. The molecule has 0 saturated heterocycles. The van der Waals surface area contributed by atoms with Gasteiger partial charge in [0.2, 0.25) is 5.95 Å². The second kappa shape index (κ2) is 9.17. The molecule has 11 heteroatoms. The van der Waals surface area contributed by atoms with Crippen LogP contribution >= 0.6 is 0 Å². The quantitative estimate of drug-likeness (QED) is 0.435. The molecule has 1 aliphatic heterocycles.